The summed E-state index contributed by atoms with van der Waals surface area (Å²) < 4.78 is 0. The summed E-state index contributed by atoms with van der Waals surface area (Å²) in [6.07, 6.45) is 0.846. The van der Waals surface area contributed by atoms with E-state index in [9.17, 15) is 9.59 Å². The number of nitrogens with one attached hydrogen (secondary N) is 2. The quantitative estimate of drug-likeness (QED) is 0.891. The first-order valence-corrected chi connectivity index (χ1v) is 7.65. The van der Waals surface area contributed by atoms with Gasteiger partial charge >= 0.3 is 0 Å². The van der Waals surface area contributed by atoms with Crippen molar-refractivity contribution in [1.82, 2.24) is 10.3 Å². The fourth-order valence-electron chi connectivity index (χ4n) is 2.09. The zero-order valence-corrected chi connectivity index (χ0v) is 13.6. The lowest BCUT2D eigenvalue weighted by molar-refractivity contribution is 0.0948. The molecule has 5 heteroatoms. The number of nitrogens with zero attached hydrogens (tertiary/aromatic N) is 1. The average Bonchev–Trinajstić information content (AvgIpc) is 2.57. The first kappa shape index (κ1) is 16.7. The average molecular weight is 311 g/mol. The van der Waals surface area contributed by atoms with Crippen molar-refractivity contribution in [2.45, 2.75) is 27.2 Å². The predicted octanol–water partition coefficient (Wildman–Crippen LogP) is 3.09. The van der Waals surface area contributed by atoms with Gasteiger partial charge in [0.1, 0.15) is 11.4 Å². The lowest BCUT2D eigenvalue weighted by Crippen LogP contribution is -2.26. The molecule has 0 bridgehead atoms. The molecule has 120 valence electrons. The van der Waals surface area contributed by atoms with Gasteiger partial charge in [-0.2, -0.15) is 0 Å². The van der Waals surface area contributed by atoms with Gasteiger partial charge in [-0.25, -0.2) is 4.98 Å². The van der Waals surface area contributed by atoms with Crippen LogP contribution in [0.25, 0.3) is 0 Å². The molecule has 5 nitrogen and oxygen atoms in total. The fourth-order valence-corrected chi connectivity index (χ4v) is 2.09. The molecule has 0 saturated heterocycles. The van der Waals surface area contributed by atoms with Crippen molar-refractivity contribution in [2.75, 3.05) is 11.9 Å². The zero-order valence-electron chi connectivity index (χ0n) is 13.6. The highest BCUT2D eigenvalue weighted by molar-refractivity contribution is 6.04. The maximum Gasteiger partial charge on any atom is 0.274 e. The number of anilines is 1. The van der Waals surface area contributed by atoms with Crippen molar-refractivity contribution >= 4 is 17.5 Å². The van der Waals surface area contributed by atoms with E-state index in [1.165, 1.54) is 0 Å². The molecule has 0 atom stereocenters. The minimum Gasteiger partial charge on any atom is -0.351 e. The smallest absolute Gasteiger partial charge is 0.274 e. The third kappa shape index (κ3) is 4.16. The molecule has 2 aromatic rings. The van der Waals surface area contributed by atoms with Crippen LogP contribution in [0, 0.1) is 13.8 Å². The fraction of sp³-hybridized carbons (Fsp3) is 0.278. The summed E-state index contributed by atoms with van der Waals surface area (Å²) in [5, 5.41) is 5.59. The van der Waals surface area contributed by atoms with Crippen LogP contribution in [0.15, 0.2) is 36.4 Å². The van der Waals surface area contributed by atoms with Crippen molar-refractivity contribution in [3.05, 3.63) is 58.9 Å². The second kappa shape index (κ2) is 7.54. The van der Waals surface area contributed by atoms with Gasteiger partial charge in [0, 0.05) is 12.2 Å². The topological polar surface area (TPSA) is 71.1 Å². The molecule has 0 saturated carbocycles. The summed E-state index contributed by atoms with van der Waals surface area (Å²) >= 11 is 0. The second-order valence-electron chi connectivity index (χ2n) is 5.37. The van der Waals surface area contributed by atoms with Gasteiger partial charge in [-0.05, 0) is 49.6 Å². The number of rotatable bonds is 5. The van der Waals surface area contributed by atoms with E-state index in [0.717, 1.165) is 23.2 Å². The SMILES string of the molecule is CCCNC(=O)c1cccc(C(=O)Nc2cccc(C)c2C)n1. The monoisotopic (exact) mass is 311 g/mol. The van der Waals surface area contributed by atoms with Crippen LogP contribution in [0.5, 0.6) is 0 Å². The maximum absolute atomic E-state index is 12.4. The summed E-state index contributed by atoms with van der Waals surface area (Å²) in [5.41, 5.74) is 3.32. The third-order valence-electron chi connectivity index (χ3n) is 3.60. The summed E-state index contributed by atoms with van der Waals surface area (Å²) in [6, 6.07) is 10.6. The van der Waals surface area contributed by atoms with Gasteiger partial charge in [0.2, 0.25) is 0 Å². The van der Waals surface area contributed by atoms with Crippen LogP contribution in [0.1, 0.15) is 45.4 Å². The van der Waals surface area contributed by atoms with E-state index in [0.29, 0.717) is 6.54 Å². The molecule has 1 aromatic carbocycles. The van der Waals surface area contributed by atoms with Gasteiger partial charge in [0.25, 0.3) is 11.8 Å². The van der Waals surface area contributed by atoms with Gasteiger partial charge in [0.15, 0.2) is 0 Å². The molecule has 0 fully saturated rings. The van der Waals surface area contributed by atoms with E-state index < -0.39 is 0 Å². The standard InChI is InChI=1S/C18H21N3O2/c1-4-11-19-17(22)15-9-6-10-16(20-15)18(23)21-14-8-5-7-12(2)13(14)3/h5-10H,4,11H2,1-3H3,(H,19,22)(H,21,23). The summed E-state index contributed by atoms with van der Waals surface area (Å²) in [7, 11) is 0. The number of pyridine rings is 1. The van der Waals surface area contributed by atoms with Crippen molar-refractivity contribution in [1.29, 1.82) is 0 Å². The number of aryl methyl sites for hydroxylation is 1. The van der Waals surface area contributed by atoms with E-state index in [-0.39, 0.29) is 23.2 Å². The molecule has 0 spiro atoms. The third-order valence-corrected chi connectivity index (χ3v) is 3.60. The first-order chi connectivity index (χ1) is 11.0. The van der Waals surface area contributed by atoms with Gasteiger partial charge in [0.05, 0.1) is 0 Å². The Morgan fingerprint density at radius 3 is 2.35 bits per heavy atom. The van der Waals surface area contributed by atoms with Gasteiger partial charge in [-0.1, -0.05) is 25.1 Å². The molecule has 0 unspecified atom stereocenters. The molecular weight excluding hydrogens is 290 g/mol. The normalized spacial score (nSPS) is 10.2. The number of hydrogen-bond donors (Lipinski definition) is 2. The van der Waals surface area contributed by atoms with Crippen LogP contribution in [0.3, 0.4) is 0 Å². The Hall–Kier alpha value is -2.69. The first-order valence-electron chi connectivity index (χ1n) is 7.65. The van der Waals surface area contributed by atoms with Crippen molar-refractivity contribution in [3.63, 3.8) is 0 Å². The Labute approximate surface area is 136 Å². The van der Waals surface area contributed by atoms with E-state index in [1.807, 2.05) is 39.0 Å². The van der Waals surface area contributed by atoms with E-state index in [4.69, 9.17) is 0 Å². The molecule has 0 aliphatic heterocycles. The van der Waals surface area contributed by atoms with Crippen molar-refractivity contribution in [2.24, 2.45) is 0 Å². The highest BCUT2D eigenvalue weighted by Crippen LogP contribution is 2.18. The molecule has 0 radical (unpaired) electrons. The van der Waals surface area contributed by atoms with Crippen molar-refractivity contribution in [3.8, 4) is 0 Å². The molecule has 2 N–H and O–H groups in total. The minimum absolute atomic E-state index is 0.218. The Balaban J connectivity index is 2.16. The molecule has 2 rings (SSSR count). The molecule has 23 heavy (non-hydrogen) atoms. The van der Waals surface area contributed by atoms with Gasteiger partial charge < -0.3 is 10.6 Å². The van der Waals surface area contributed by atoms with E-state index in [1.54, 1.807) is 18.2 Å². The number of benzene rings is 1. The Kier molecular flexibility index (Phi) is 5.46. The minimum atomic E-state index is -0.330. The lowest BCUT2D eigenvalue weighted by Gasteiger charge is -2.10. The van der Waals surface area contributed by atoms with Gasteiger partial charge in [-0.3, -0.25) is 9.59 Å². The number of carbonyl (C=O) groups is 2. The largest absolute Gasteiger partial charge is 0.351 e. The van der Waals surface area contributed by atoms with E-state index in [2.05, 4.69) is 15.6 Å². The van der Waals surface area contributed by atoms with Crippen LogP contribution in [-0.2, 0) is 0 Å². The summed E-state index contributed by atoms with van der Waals surface area (Å²) in [5.74, 6) is -0.600. The Morgan fingerprint density at radius 2 is 1.65 bits per heavy atom. The second-order valence-corrected chi connectivity index (χ2v) is 5.37. The van der Waals surface area contributed by atoms with E-state index >= 15 is 0 Å². The highest BCUT2D eigenvalue weighted by Gasteiger charge is 2.13. The molecule has 1 heterocycles. The summed E-state index contributed by atoms with van der Waals surface area (Å²) in [4.78, 5) is 28.4. The Bertz CT molecular complexity index is 726. The molecule has 0 aliphatic rings. The predicted molar refractivity (Wildman–Crippen MR) is 90.7 cm³/mol. The zero-order chi connectivity index (χ0) is 16.8. The van der Waals surface area contributed by atoms with Crippen LogP contribution >= 0.6 is 0 Å². The van der Waals surface area contributed by atoms with Crippen LogP contribution in [0.2, 0.25) is 0 Å². The molecule has 0 aliphatic carbocycles. The number of amides is 2. The molecule has 1 aromatic heterocycles. The maximum atomic E-state index is 12.4. The van der Waals surface area contributed by atoms with Gasteiger partial charge in [-0.15, -0.1) is 0 Å². The Morgan fingerprint density at radius 1 is 1.00 bits per heavy atom. The van der Waals surface area contributed by atoms with Crippen LogP contribution in [0.4, 0.5) is 5.69 Å². The number of hydrogen-bond acceptors (Lipinski definition) is 3. The number of carbonyl (C=O) groups excluding carboxylic acids is 2. The molecule has 2 amide bonds. The number of aromatic nitrogens is 1. The lowest BCUT2D eigenvalue weighted by atomic mass is 10.1. The highest BCUT2D eigenvalue weighted by atomic mass is 16.2. The summed E-state index contributed by atoms with van der Waals surface area (Å²) in [6.45, 7) is 6.50. The van der Waals surface area contributed by atoms with Crippen LogP contribution < -0.4 is 10.6 Å². The van der Waals surface area contributed by atoms with Crippen LogP contribution in [-0.4, -0.2) is 23.3 Å². The molecular formula is C18H21N3O2. The van der Waals surface area contributed by atoms with Crippen molar-refractivity contribution < 1.29 is 9.59 Å².